The molecule has 0 spiro atoms. The van der Waals surface area contributed by atoms with Crippen molar-refractivity contribution in [1.82, 2.24) is 4.90 Å². The van der Waals surface area contributed by atoms with Crippen molar-refractivity contribution < 1.29 is 9.15 Å². The van der Waals surface area contributed by atoms with E-state index in [1.165, 1.54) is 5.56 Å². The van der Waals surface area contributed by atoms with Gasteiger partial charge in [0.15, 0.2) is 0 Å². The molecule has 0 saturated carbocycles. The predicted octanol–water partition coefficient (Wildman–Crippen LogP) is 2.73. The topological polar surface area (TPSA) is 51.6 Å². The van der Waals surface area contributed by atoms with Crippen LogP contribution in [0.15, 0.2) is 41.0 Å². The van der Waals surface area contributed by atoms with Crippen molar-refractivity contribution in [1.29, 1.82) is 0 Å². The van der Waals surface area contributed by atoms with Gasteiger partial charge in [-0.1, -0.05) is 24.4 Å². The Bertz CT molecular complexity index is 610. The molecule has 112 valence electrons. The normalized spacial score (nSPS) is 10.8. The number of thiocarbonyl (C=S) groups is 1. The summed E-state index contributed by atoms with van der Waals surface area (Å²) in [5.74, 6) is 1.75. The number of hydrogen-bond donors (Lipinski definition) is 1. The first-order valence-electron chi connectivity index (χ1n) is 6.80. The van der Waals surface area contributed by atoms with E-state index in [-0.39, 0.29) is 0 Å². The van der Waals surface area contributed by atoms with Gasteiger partial charge in [-0.2, -0.15) is 0 Å². The Morgan fingerprint density at radius 3 is 2.86 bits per heavy atom. The van der Waals surface area contributed by atoms with Gasteiger partial charge in [0, 0.05) is 24.2 Å². The maximum absolute atomic E-state index is 5.74. The molecule has 2 rings (SSSR count). The van der Waals surface area contributed by atoms with Crippen molar-refractivity contribution in [2.75, 3.05) is 20.2 Å². The number of furan rings is 1. The highest BCUT2D eigenvalue weighted by molar-refractivity contribution is 7.80. The van der Waals surface area contributed by atoms with Gasteiger partial charge in [-0.15, -0.1) is 0 Å². The molecule has 0 aliphatic heterocycles. The van der Waals surface area contributed by atoms with Crippen molar-refractivity contribution in [3.63, 3.8) is 0 Å². The van der Waals surface area contributed by atoms with Gasteiger partial charge in [0.25, 0.3) is 0 Å². The van der Waals surface area contributed by atoms with Gasteiger partial charge in [-0.3, -0.25) is 4.90 Å². The molecule has 1 aromatic heterocycles. The quantitative estimate of drug-likeness (QED) is 0.797. The largest absolute Gasteiger partial charge is 0.492 e. The summed E-state index contributed by atoms with van der Waals surface area (Å²) in [4.78, 5) is 2.57. The number of aryl methyl sites for hydroxylation is 1. The van der Waals surface area contributed by atoms with Crippen LogP contribution in [0.4, 0.5) is 0 Å². The average molecular weight is 304 g/mol. The van der Waals surface area contributed by atoms with E-state index in [1.807, 2.05) is 37.3 Å². The van der Waals surface area contributed by atoms with E-state index in [2.05, 4.69) is 11.9 Å². The summed E-state index contributed by atoms with van der Waals surface area (Å²) in [5, 5.41) is 0. The van der Waals surface area contributed by atoms with Gasteiger partial charge in [-0.25, -0.2) is 0 Å². The molecule has 5 heteroatoms. The van der Waals surface area contributed by atoms with Crippen molar-refractivity contribution in [3.05, 3.63) is 53.5 Å². The highest BCUT2D eigenvalue weighted by Crippen LogP contribution is 2.14. The van der Waals surface area contributed by atoms with E-state index < -0.39 is 0 Å². The third kappa shape index (κ3) is 4.58. The fourth-order valence-electron chi connectivity index (χ4n) is 2.00. The van der Waals surface area contributed by atoms with Crippen LogP contribution in [-0.2, 0) is 6.54 Å². The number of nitrogens with two attached hydrogens (primary N) is 1. The Morgan fingerprint density at radius 1 is 1.38 bits per heavy atom. The van der Waals surface area contributed by atoms with E-state index in [0.717, 1.165) is 30.2 Å². The van der Waals surface area contributed by atoms with Crippen LogP contribution in [0.1, 0.15) is 16.9 Å². The Balaban J connectivity index is 1.80. The number of hydrogen-bond acceptors (Lipinski definition) is 4. The highest BCUT2D eigenvalue weighted by atomic mass is 32.1. The predicted molar refractivity (Wildman–Crippen MR) is 87.6 cm³/mol. The monoisotopic (exact) mass is 304 g/mol. The van der Waals surface area contributed by atoms with Crippen LogP contribution in [0.5, 0.6) is 5.75 Å². The molecule has 0 radical (unpaired) electrons. The summed E-state index contributed by atoms with van der Waals surface area (Å²) in [7, 11) is 2.06. The average Bonchev–Trinajstić information content (AvgIpc) is 2.84. The van der Waals surface area contributed by atoms with E-state index in [1.54, 1.807) is 6.26 Å². The summed E-state index contributed by atoms with van der Waals surface area (Å²) < 4.78 is 11.0. The van der Waals surface area contributed by atoms with E-state index >= 15 is 0 Å². The van der Waals surface area contributed by atoms with Gasteiger partial charge in [0.05, 0.1) is 6.26 Å². The Morgan fingerprint density at radius 2 is 2.19 bits per heavy atom. The maximum atomic E-state index is 5.74. The van der Waals surface area contributed by atoms with Crippen LogP contribution in [-0.4, -0.2) is 30.1 Å². The number of ether oxygens (including phenoxy) is 1. The van der Waals surface area contributed by atoms with Gasteiger partial charge in [0.1, 0.15) is 23.1 Å². The molecular formula is C16H20N2O2S. The Labute approximate surface area is 130 Å². The first kappa shape index (κ1) is 15.5. The molecule has 0 saturated heterocycles. The molecule has 1 aromatic carbocycles. The molecule has 0 bridgehead atoms. The third-order valence-corrected chi connectivity index (χ3v) is 3.50. The fraction of sp³-hybridized carbons (Fsp3) is 0.312. The molecule has 0 atom stereocenters. The third-order valence-electron chi connectivity index (χ3n) is 3.27. The molecule has 2 aromatic rings. The minimum absolute atomic E-state index is 0.382. The second kappa shape index (κ2) is 7.24. The van der Waals surface area contributed by atoms with Gasteiger partial charge in [0.2, 0.25) is 0 Å². The summed E-state index contributed by atoms with van der Waals surface area (Å²) in [6.07, 6.45) is 1.72. The summed E-state index contributed by atoms with van der Waals surface area (Å²) in [6, 6.07) is 9.54. The molecule has 0 amide bonds. The molecule has 4 nitrogen and oxygen atoms in total. The first-order valence-corrected chi connectivity index (χ1v) is 7.21. The fourth-order valence-corrected chi connectivity index (χ4v) is 2.13. The second-order valence-electron chi connectivity index (χ2n) is 4.98. The molecule has 0 fully saturated rings. The lowest BCUT2D eigenvalue weighted by Gasteiger charge is -2.16. The van der Waals surface area contributed by atoms with Gasteiger partial charge in [-0.05, 0) is 32.2 Å². The molecule has 0 aliphatic carbocycles. The number of benzene rings is 1. The Kier molecular flexibility index (Phi) is 5.36. The SMILES string of the molecule is Cc1occc1CN(C)CCOc1cccc(C(N)=S)c1. The minimum atomic E-state index is 0.382. The molecule has 0 unspecified atom stereocenters. The zero-order chi connectivity index (χ0) is 15.2. The summed E-state index contributed by atoms with van der Waals surface area (Å²) >= 11 is 4.96. The van der Waals surface area contributed by atoms with Crippen LogP contribution < -0.4 is 10.5 Å². The van der Waals surface area contributed by atoms with Crippen molar-refractivity contribution in [3.8, 4) is 5.75 Å². The number of rotatable bonds is 7. The minimum Gasteiger partial charge on any atom is -0.492 e. The summed E-state index contributed by atoms with van der Waals surface area (Å²) in [6.45, 7) is 4.25. The van der Waals surface area contributed by atoms with Crippen LogP contribution in [0.25, 0.3) is 0 Å². The van der Waals surface area contributed by atoms with Crippen LogP contribution >= 0.6 is 12.2 Å². The van der Waals surface area contributed by atoms with Gasteiger partial charge < -0.3 is 14.9 Å². The van der Waals surface area contributed by atoms with E-state index in [9.17, 15) is 0 Å². The van der Waals surface area contributed by atoms with Crippen molar-refractivity contribution in [2.24, 2.45) is 5.73 Å². The summed E-state index contributed by atoms with van der Waals surface area (Å²) in [5.41, 5.74) is 7.63. The first-order chi connectivity index (χ1) is 10.1. The second-order valence-corrected chi connectivity index (χ2v) is 5.42. The van der Waals surface area contributed by atoms with Crippen LogP contribution in [0, 0.1) is 6.92 Å². The van der Waals surface area contributed by atoms with Crippen molar-refractivity contribution in [2.45, 2.75) is 13.5 Å². The molecule has 0 aliphatic rings. The Hall–Kier alpha value is -1.85. The standard InChI is InChI=1S/C16H20N2O2S/c1-12-14(6-8-19-12)11-18(2)7-9-20-15-5-3-4-13(10-15)16(17)21/h3-6,8,10H,7,9,11H2,1-2H3,(H2,17,21). The van der Waals surface area contributed by atoms with Crippen LogP contribution in [0.3, 0.4) is 0 Å². The molecule has 2 N–H and O–H groups in total. The lowest BCUT2D eigenvalue weighted by Crippen LogP contribution is -2.24. The lowest BCUT2D eigenvalue weighted by molar-refractivity contribution is 0.232. The molecular weight excluding hydrogens is 284 g/mol. The lowest BCUT2D eigenvalue weighted by atomic mass is 10.2. The molecule has 1 heterocycles. The zero-order valence-electron chi connectivity index (χ0n) is 12.3. The maximum Gasteiger partial charge on any atom is 0.120 e. The molecule has 21 heavy (non-hydrogen) atoms. The highest BCUT2D eigenvalue weighted by Gasteiger charge is 2.06. The van der Waals surface area contributed by atoms with Crippen molar-refractivity contribution >= 4 is 17.2 Å². The van der Waals surface area contributed by atoms with Gasteiger partial charge >= 0.3 is 0 Å². The number of likely N-dealkylation sites (N-methyl/N-ethyl adjacent to an activating group) is 1. The van der Waals surface area contributed by atoms with Crippen LogP contribution in [0.2, 0.25) is 0 Å². The van der Waals surface area contributed by atoms with E-state index in [4.69, 9.17) is 27.1 Å². The zero-order valence-corrected chi connectivity index (χ0v) is 13.2. The smallest absolute Gasteiger partial charge is 0.120 e. The number of nitrogens with zero attached hydrogens (tertiary/aromatic N) is 1. The van der Waals surface area contributed by atoms with E-state index in [0.29, 0.717) is 11.6 Å².